The molecule has 0 saturated heterocycles. The third-order valence-electron chi connectivity index (χ3n) is 2.19. The van der Waals surface area contributed by atoms with Crippen LogP contribution in [0.15, 0.2) is 26.9 Å². The van der Waals surface area contributed by atoms with Gasteiger partial charge in [-0.3, -0.25) is 4.72 Å². The van der Waals surface area contributed by atoms with E-state index in [9.17, 15) is 8.42 Å². The minimum Gasteiger partial charge on any atom is -0.375 e. The average molecular weight is 383 g/mol. The van der Waals surface area contributed by atoms with Gasteiger partial charge in [0.2, 0.25) is 0 Å². The summed E-state index contributed by atoms with van der Waals surface area (Å²) in [6.07, 6.45) is 0. The van der Waals surface area contributed by atoms with Crippen LogP contribution in [0.2, 0.25) is 5.02 Å². The summed E-state index contributed by atoms with van der Waals surface area (Å²) >= 11 is 10.1. The number of benzene rings is 1. The minimum atomic E-state index is -3.74. The number of rotatable bonds is 3. The molecule has 0 saturated carbocycles. The number of sulfonamides is 1. The van der Waals surface area contributed by atoms with Crippen LogP contribution in [0.1, 0.15) is 5.69 Å². The maximum absolute atomic E-state index is 12.2. The third-order valence-corrected chi connectivity index (χ3v) is 5.97. The largest absolute Gasteiger partial charge is 0.375 e. The molecule has 0 aliphatic heterocycles. The summed E-state index contributed by atoms with van der Waals surface area (Å²) in [6.45, 7) is 1.59. The van der Waals surface area contributed by atoms with Crippen molar-refractivity contribution in [3.05, 3.63) is 33.4 Å². The summed E-state index contributed by atoms with van der Waals surface area (Å²) in [7, 11) is -3.74. The van der Waals surface area contributed by atoms with Crippen molar-refractivity contribution in [2.24, 2.45) is 0 Å². The fourth-order valence-electron chi connectivity index (χ4n) is 1.42. The normalized spacial score (nSPS) is 11.5. The number of nitrogens with zero attached hydrogens (tertiary/aromatic N) is 1. The lowest BCUT2D eigenvalue weighted by atomic mass is 10.3. The molecule has 0 radical (unpaired) electrons. The van der Waals surface area contributed by atoms with E-state index in [-0.39, 0.29) is 9.34 Å². The van der Waals surface area contributed by atoms with Gasteiger partial charge < -0.3 is 5.73 Å². The van der Waals surface area contributed by atoms with Crippen molar-refractivity contribution in [3.8, 4) is 0 Å². The van der Waals surface area contributed by atoms with Crippen molar-refractivity contribution in [2.45, 2.75) is 11.1 Å². The van der Waals surface area contributed by atoms with E-state index in [0.717, 1.165) is 15.8 Å². The van der Waals surface area contributed by atoms with Gasteiger partial charge in [-0.2, -0.15) is 0 Å². The van der Waals surface area contributed by atoms with Gasteiger partial charge in [-0.25, -0.2) is 13.4 Å². The third kappa shape index (κ3) is 3.19. The SMILES string of the molecule is Cc1nc(N)sc1S(=O)(=O)Nc1cc(Br)ccc1Cl. The molecule has 0 amide bonds. The monoisotopic (exact) mass is 381 g/mol. The number of anilines is 2. The molecule has 2 rings (SSSR count). The van der Waals surface area contributed by atoms with E-state index in [1.807, 2.05) is 0 Å². The Morgan fingerprint density at radius 3 is 2.74 bits per heavy atom. The topological polar surface area (TPSA) is 85.1 Å². The Morgan fingerprint density at radius 1 is 1.47 bits per heavy atom. The molecule has 9 heteroatoms. The van der Waals surface area contributed by atoms with Crippen LogP contribution in [-0.2, 0) is 10.0 Å². The molecule has 0 aliphatic carbocycles. The number of thiazole rings is 1. The van der Waals surface area contributed by atoms with Gasteiger partial charge >= 0.3 is 0 Å². The second-order valence-corrected chi connectivity index (χ2v) is 7.89. The molecule has 19 heavy (non-hydrogen) atoms. The van der Waals surface area contributed by atoms with Crippen LogP contribution in [0.3, 0.4) is 0 Å². The van der Waals surface area contributed by atoms with Crippen LogP contribution in [0.25, 0.3) is 0 Å². The molecule has 3 N–H and O–H groups in total. The van der Waals surface area contributed by atoms with Gasteiger partial charge in [0.1, 0.15) is 0 Å². The molecule has 0 aliphatic rings. The van der Waals surface area contributed by atoms with Gasteiger partial charge in [0, 0.05) is 4.47 Å². The smallest absolute Gasteiger partial charge is 0.273 e. The van der Waals surface area contributed by atoms with Crippen LogP contribution < -0.4 is 10.5 Å². The lowest BCUT2D eigenvalue weighted by Gasteiger charge is -2.08. The minimum absolute atomic E-state index is 0.0843. The molecular formula is C10H9BrClN3O2S2. The summed E-state index contributed by atoms with van der Waals surface area (Å²) < 4.78 is 27.7. The highest BCUT2D eigenvalue weighted by atomic mass is 79.9. The molecule has 102 valence electrons. The summed E-state index contributed by atoms with van der Waals surface area (Å²) in [5, 5.41) is 0.514. The molecule has 0 fully saturated rings. The molecule has 0 atom stereocenters. The maximum Gasteiger partial charge on any atom is 0.273 e. The average Bonchev–Trinajstić information content (AvgIpc) is 2.63. The Kier molecular flexibility index (Phi) is 4.05. The summed E-state index contributed by atoms with van der Waals surface area (Å²) in [6, 6.07) is 4.90. The predicted molar refractivity (Wildman–Crippen MR) is 81.2 cm³/mol. The standard InChI is InChI=1S/C10H9BrClN3O2S2/c1-5-9(18-10(13)14-5)19(16,17)15-8-4-6(11)2-3-7(8)12/h2-4,15H,1H3,(H2,13,14). The van der Waals surface area contributed by atoms with E-state index in [4.69, 9.17) is 17.3 Å². The first kappa shape index (κ1) is 14.6. The van der Waals surface area contributed by atoms with Gasteiger partial charge in [-0.15, -0.1) is 0 Å². The second kappa shape index (κ2) is 5.28. The van der Waals surface area contributed by atoms with Gasteiger partial charge in [0.05, 0.1) is 16.4 Å². The van der Waals surface area contributed by atoms with Crippen molar-refractivity contribution in [1.29, 1.82) is 0 Å². The zero-order chi connectivity index (χ0) is 14.2. The number of nitrogen functional groups attached to an aromatic ring is 1. The van der Waals surface area contributed by atoms with E-state index >= 15 is 0 Å². The first-order valence-corrected chi connectivity index (χ1v) is 8.47. The van der Waals surface area contributed by atoms with Crippen molar-refractivity contribution >= 4 is 59.7 Å². The number of nitrogens with one attached hydrogen (secondary N) is 1. The van der Waals surface area contributed by atoms with E-state index in [0.29, 0.717) is 16.4 Å². The molecule has 2 aromatic rings. The molecule has 0 unspecified atom stereocenters. The van der Waals surface area contributed by atoms with Crippen molar-refractivity contribution in [2.75, 3.05) is 10.5 Å². The van der Waals surface area contributed by atoms with Crippen molar-refractivity contribution < 1.29 is 8.42 Å². The van der Waals surface area contributed by atoms with E-state index in [1.54, 1.807) is 25.1 Å². The fraction of sp³-hybridized carbons (Fsp3) is 0.100. The lowest BCUT2D eigenvalue weighted by Crippen LogP contribution is -2.13. The summed E-state index contributed by atoms with van der Waals surface area (Å²) in [4.78, 5) is 3.89. The molecule has 5 nitrogen and oxygen atoms in total. The van der Waals surface area contributed by atoms with E-state index in [1.165, 1.54) is 0 Å². The van der Waals surface area contributed by atoms with Crippen LogP contribution in [-0.4, -0.2) is 13.4 Å². The van der Waals surface area contributed by atoms with Gasteiger partial charge in [-0.1, -0.05) is 38.9 Å². The number of aryl methyl sites for hydroxylation is 1. The molecular weight excluding hydrogens is 374 g/mol. The van der Waals surface area contributed by atoms with Crippen LogP contribution in [0.5, 0.6) is 0 Å². The Balaban J connectivity index is 2.42. The Bertz CT molecular complexity index is 730. The summed E-state index contributed by atoms with van der Waals surface area (Å²) in [5.74, 6) is 0. The van der Waals surface area contributed by atoms with E-state index in [2.05, 4.69) is 25.6 Å². The number of hydrogen-bond donors (Lipinski definition) is 2. The summed E-state index contributed by atoms with van der Waals surface area (Å²) in [5.41, 5.74) is 6.16. The van der Waals surface area contributed by atoms with Crippen molar-refractivity contribution in [3.63, 3.8) is 0 Å². The molecule has 1 aromatic heterocycles. The van der Waals surface area contributed by atoms with Gasteiger partial charge in [-0.05, 0) is 25.1 Å². The zero-order valence-corrected chi connectivity index (χ0v) is 13.6. The zero-order valence-electron chi connectivity index (χ0n) is 9.65. The first-order chi connectivity index (χ1) is 8.79. The number of halogens is 2. The highest BCUT2D eigenvalue weighted by molar-refractivity contribution is 9.10. The highest BCUT2D eigenvalue weighted by Gasteiger charge is 2.22. The fourth-order valence-corrected chi connectivity index (χ4v) is 4.37. The molecule has 1 aromatic carbocycles. The van der Waals surface area contributed by atoms with Crippen LogP contribution in [0, 0.1) is 6.92 Å². The number of aromatic nitrogens is 1. The number of nitrogens with two attached hydrogens (primary N) is 1. The van der Waals surface area contributed by atoms with E-state index < -0.39 is 10.0 Å². The quantitative estimate of drug-likeness (QED) is 0.853. The molecule has 0 spiro atoms. The van der Waals surface area contributed by atoms with Gasteiger partial charge in [0.15, 0.2) is 9.34 Å². The molecule has 0 bridgehead atoms. The van der Waals surface area contributed by atoms with Crippen LogP contribution in [0.4, 0.5) is 10.8 Å². The highest BCUT2D eigenvalue weighted by Crippen LogP contribution is 2.31. The van der Waals surface area contributed by atoms with Crippen molar-refractivity contribution in [1.82, 2.24) is 4.98 Å². The Hall–Kier alpha value is -0.830. The van der Waals surface area contributed by atoms with Gasteiger partial charge in [0.25, 0.3) is 10.0 Å². The maximum atomic E-state index is 12.2. The lowest BCUT2D eigenvalue weighted by molar-refractivity contribution is 0.602. The second-order valence-electron chi connectivity index (χ2n) is 3.65. The Labute approximate surface area is 128 Å². The molecule has 1 heterocycles. The first-order valence-electron chi connectivity index (χ1n) is 5.00. The predicted octanol–water partition coefficient (Wildman–Crippen LogP) is 3.25. The van der Waals surface area contributed by atoms with Crippen LogP contribution >= 0.6 is 38.9 Å². The number of hydrogen-bond acceptors (Lipinski definition) is 5. The Morgan fingerprint density at radius 2 is 2.16 bits per heavy atom.